The number of aryl methyl sites for hydroxylation is 2. The highest BCUT2D eigenvalue weighted by Gasteiger charge is 2.38. The molecule has 2 saturated heterocycles. The van der Waals surface area contributed by atoms with Gasteiger partial charge in [0.25, 0.3) is 0 Å². The number of morpholine rings is 1. The summed E-state index contributed by atoms with van der Waals surface area (Å²) in [6, 6.07) is 0.612. The van der Waals surface area contributed by atoms with Crippen LogP contribution in [0.3, 0.4) is 0 Å². The molecule has 1 amide bonds. The molecule has 1 aromatic heterocycles. The molecule has 0 saturated carbocycles. The number of hydrogen-bond acceptors (Lipinski definition) is 5. The van der Waals surface area contributed by atoms with E-state index >= 15 is 0 Å². The number of aromatic amines is 1. The molecule has 0 aliphatic carbocycles. The van der Waals surface area contributed by atoms with Gasteiger partial charge in [-0.2, -0.15) is 4.98 Å². The van der Waals surface area contributed by atoms with E-state index in [9.17, 15) is 9.59 Å². The molecule has 0 spiro atoms. The topological polar surface area (TPSA) is 87.3 Å². The van der Waals surface area contributed by atoms with Crippen molar-refractivity contribution in [3.63, 3.8) is 0 Å². The zero-order valence-corrected chi connectivity index (χ0v) is 16.2. The van der Waals surface area contributed by atoms with Crippen LogP contribution in [-0.2, 0) is 16.0 Å². The van der Waals surface area contributed by atoms with Crippen LogP contribution in [0.2, 0.25) is 0 Å². The van der Waals surface area contributed by atoms with Crippen LogP contribution in [-0.4, -0.2) is 58.7 Å². The Morgan fingerprint density at radius 2 is 2.15 bits per heavy atom. The Hall–Kier alpha value is -1.73. The molecule has 3 atom stereocenters. The SMILES string of the molecule is Cc1nc(=O)[nH]c(C)c1CCC(=O)N[C@H]1C[C@H]2CO[C@H](C(C)C)CN2C1. The summed E-state index contributed by atoms with van der Waals surface area (Å²) in [5.41, 5.74) is 2.12. The number of nitrogens with zero attached hydrogens (tertiary/aromatic N) is 2. The van der Waals surface area contributed by atoms with Crippen LogP contribution in [0, 0.1) is 19.8 Å². The van der Waals surface area contributed by atoms with Crippen LogP contribution in [0.15, 0.2) is 4.79 Å². The standard InChI is InChI=1S/C19H30N4O3/c1-11(2)17-9-23-8-14(7-15(23)10-26-17)22-18(24)6-5-16-12(3)20-19(25)21-13(16)4/h11,14-15,17H,5-10H2,1-4H3,(H,22,24)(H,20,21,25)/t14-,15-,17-/m0/s1. The molecule has 3 rings (SSSR count). The van der Waals surface area contributed by atoms with E-state index in [1.54, 1.807) is 0 Å². The van der Waals surface area contributed by atoms with Gasteiger partial charge in [-0.05, 0) is 38.2 Å². The summed E-state index contributed by atoms with van der Waals surface area (Å²) in [6.45, 7) is 10.7. The van der Waals surface area contributed by atoms with E-state index in [2.05, 4.69) is 34.0 Å². The minimum absolute atomic E-state index is 0.0566. The Morgan fingerprint density at radius 1 is 1.38 bits per heavy atom. The van der Waals surface area contributed by atoms with Crippen molar-refractivity contribution in [2.75, 3.05) is 19.7 Å². The number of rotatable bonds is 5. The molecule has 3 heterocycles. The second-order valence-corrected chi connectivity index (χ2v) is 7.95. The first-order valence-corrected chi connectivity index (χ1v) is 9.55. The Balaban J connectivity index is 1.50. The van der Waals surface area contributed by atoms with E-state index < -0.39 is 0 Å². The number of carbonyl (C=O) groups excluding carboxylic acids is 1. The average Bonchev–Trinajstić information content (AvgIpc) is 2.94. The largest absolute Gasteiger partial charge is 0.375 e. The lowest BCUT2D eigenvalue weighted by Gasteiger charge is -2.36. The van der Waals surface area contributed by atoms with Gasteiger partial charge in [-0.15, -0.1) is 0 Å². The smallest absolute Gasteiger partial charge is 0.345 e. The maximum atomic E-state index is 12.4. The second-order valence-electron chi connectivity index (χ2n) is 7.95. The average molecular weight is 362 g/mol. The van der Waals surface area contributed by atoms with Gasteiger partial charge in [0, 0.05) is 43.0 Å². The lowest BCUT2D eigenvalue weighted by molar-refractivity contribution is -0.121. The molecule has 7 heteroatoms. The molecule has 2 aliphatic rings. The van der Waals surface area contributed by atoms with Crippen LogP contribution >= 0.6 is 0 Å². The third-order valence-electron chi connectivity index (χ3n) is 5.61. The first kappa shape index (κ1) is 19.0. The molecule has 2 aliphatic heterocycles. The monoisotopic (exact) mass is 362 g/mol. The number of fused-ring (bicyclic) bond motifs is 1. The van der Waals surface area contributed by atoms with Crippen LogP contribution in [0.4, 0.5) is 0 Å². The van der Waals surface area contributed by atoms with Crippen molar-refractivity contribution in [1.82, 2.24) is 20.2 Å². The normalized spacial score (nSPS) is 26.1. The Kier molecular flexibility index (Phi) is 5.77. The number of ether oxygens (including phenoxy) is 1. The summed E-state index contributed by atoms with van der Waals surface area (Å²) in [5.74, 6) is 0.572. The number of H-pyrrole nitrogens is 1. The van der Waals surface area contributed by atoms with Crippen molar-refractivity contribution in [3.05, 3.63) is 27.4 Å². The maximum Gasteiger partial charge on any atom is 0.345 e. The van der Waals surface area contributed by atoms with Gasteiger partial charge in [0.05, 0.1) is 12.7 Å². The first-order valence-electron chi connectivity index (χ1n) is 9.55. The Morgan fingerprint density at radius 3 is 2.85 bits per heavy atom. The molecule has 7 nitrogen and oxygen atoms in total. The fourth-order valence-corrected chi connectivity index (χ4v) is 4.07. The molecule has 2 N–H and O–H groups in total. The maximum absolute atomic E-state index is 12.4. The predicted octanol–water partition coefficient (Wildman–Crippen LogP) is 0.933. The minimum atomic E-state index is -0.335. The summed E-state index contributed by atoms with van der Waals surface area (Å²) in [5, 5.41) is 3.17. The van der Waals surface area contributed by atoms with Crippen LogP contribution < -0.4 is 11.0 Å². The fourth-order valence-electron chi connectivity index (χ4n) is 4.07. The lowest BCUT2D eigenvalue weighted by Crippen LogP contribution is -2.48. The summed E-state index contributed by atoms with van der Waals surface area (Å²) >= 11 is 0. The number of carbonyl (C=O) groups is 1. The quantitative estimate of drug-likeness (QED) is 0.814. The Labute approximate surface area is 154 Å². The zero-order valence-electron chi connectivity index (χ0n) is 16.2. The number of nitrogens with one attached hydrogen (secondary N) is 2. The zero-order chi connectivity index (χ0) is 18.8. The van der Waals surface area contributed by atoms with Crippen LogP contribution in [0.5, 0.6) is 0 Å². The lowest BCUT2D eigenvalue weighted by atomic mass is 10.0. The molecule has 2 fully saturated rings. The summed E-state index contributed by atoms with van der Waals surface area (Å²) < 4.78 is 5.96. The van der Waals surface area contributed by atoms with Gasteiger partial charge in [0.1, 0.15) is 0 Å². The van der Waals surface area contributed by atoms with E-state index in [-0.39, 0.29) is 17.6 Å². The highest BCUT2D eigenvalue weighted by atomic mass is 16.5. The van der Waals surface area contributed by atoms with Crippen molar-refractivity contribution in [3.8, 4) is 0 Å². The minimum Gasteiger partial charge on any atom is -0.375 e. The van der Waals surface area contributed by atoms with Crippen molar-refractivity contribution in [1.29, 1.82) is 0 Å². The molecule has 26 heavy (non-hydrogen) atoms. The molecule has 144 valence electrons. The van der Waals surface area contributed by atoms with Gasteiger partial charge in [-0.25, -0.2) is 4.79 Å². The molecular formula is C19H30N4O3. The number of amides is 1. The van der Waals surface area contributed by atoms with Crippen LogP contribution in [0.25, 0.3) is 0 Å². The van der Waals surface area contributed by atoms with E-state index in [0.29, 0.717) is 36.6 Å². The number of aromatic nitrogens is 2. The van der Waals surface area contributed by atoms with E-state index in [1.165, 1.54) is 0 Å². The highest BCUT2D eigenvalue weighted by molar-refractivity contribution is 5.76. The molecular weight excluding hydrogens is 332 g/mol. The fraction of sp³-hybridized carbons (Fsp3) is 0.737. The molecule has 1 aromatic rings. The highest BCUT2D eigenvalue weighted by Crippen LogP contribution is 2.25. The van der Waals surface area contributed by atoms with Crippen molar-refractivity contribution >= 4 is 5.91 Å². The molecule has 0 aromatic carbocycles. The third kappa shape index (κ3) is 4.32. The van der Waals surface area contributed by atoms with Crippen molar-refractivity contribution in [2.24, 2.45) is 5.92 Å². The van der Waals surface area contributed by atoms with Crippen molar-refractivity contribution < 1.29 is 9.53 Å². The van der Waals surface area contributed by atoms with E-state index in [1.807, 2.05) is 13.8 Å². The molecule has 0 radical (unpaired) electrons. The van der Waals surface area contributed by atoms with Gasteiger partial charge in [0.15, 0.2) is 0 Å². The van der Waals surface area contributed by atoms with E-state index in [4.69, 9.17) is 4.74 Å². The Bertz CT molecular complexity index is 689. The first-order chi connectivity index (χ1) is 12.3. The predicted molar refractivity (Wildman–Crippen MR) is 99.1 cm³/mol. The summed E-state index contributed by atoms with van der Waals surface area (Å²) in [6.07, 6.45) is 2.24. The summed E-state index contributed by atoms with van der Waals surface area (Å²) in [4.78, 5) is 32.8. The van der Waals surface area contributed by atoms with Crippen LogP contribution in [0.1, 0.15) is 43.6 Å². The van der Waals surface area contributed by atoms with E-state index in [0.717, 1.165) is 37.4 Å². The second kappa shape index (κ2) is 7.88. The van der Waals surface area contributed by atoms with Gasteiger partial charge in [-0.1, -0.05) is 13.8 Å². The molecule has 0 unspecified atom stereocenters. The number of hydrogen-bond donors (Lipinski definition) is 2. The molecule has 0 bridgehead atoms. The van der Waals surface area contributed by atoms with Gasteiger partial charge in [0.2, 0.25) is 5.91 Å². The van der Waals surface area contributed by atoms with Gasteiger partial charge in [-0.3, -0.25) is 9.69 Å². The third-order valence-corrected chi connectivity index (χ3v) is 5.61. The van der Waals surface area contributed by atoms with Gasteiger partial charge >= 0.3 is 5.69 Å². The van der Waals surface area contributed by atoms with Gasteiger partial charge < -0.3 is 15.0 Å². The van der Waals surface area contributed by atoms with Crippen molar-refractivity contribution in [2.45, 2.75) is 65.1 Å². The summed E-state index contributed by atoms with van der Waals surface area (Å²) in [7, 11) is 0.